The SMILES string of the molecule is Cc1cc(SCc2nc3c(C)cccc3c(=O)[nH]2)nc(C)n1. The number of aromatic amines is 1. The first-order valence-electron chi connectivity index (χ1n) is 6.96. The highest BCUT2D eigenvalue weighted by molar-refractivity contribution is 7.98. The second kappa shape index (κ2) is 5.88. The van der Waals surface area contributed by atoms with Crippen molar-refractivity contribution >= 4 is 22.7 Å². The van der Waals surface area contributed by atoms with Gasteiger partial charge in [0, 0.05) is 5.69 Å². The van der Waals surface area contributed by atoms with E-state index >= 15 is 0 Å². The third kappa shape index (κ3) is 3.01. The van der Waals surface area contributed by atoms with Crippen molar-refractivity contribution in [2.75, 3.05) is 0 Å². The minimum Gasteiger partial charge on any atom is -0.309 e. The van der Waals surface area contributed by atoms with Crippen molar-refractivity contribution in [3.8, 4) is 0 Å². The van der Waals surface area contributed by atoms with Gasteiger partial charge >= 0.3 is 0 Å². The van der Waals surface area contributed by atoms with E-state index in [-0.39, 0.29) is 5.56 Å². The molecule has 112 valence electrons. The fraction of sp³-hybridized carbons (Fsp3) is 0.250. The molecule has 0 aliphatic rings. The standard InChI is InChI=1S/C16H16N4OS/c1-9-5-4-6-12-15(9)19-13(20-16(12)21)8-22-14-7-10(2)17-11(3)18-14/h4-7H,8H2,1-3H3,(H,19,20,21). The minimum atomic E-state index is -0.0978. The highest BCUT2D eigenvalue weighted by Crippen LogP contribution is 2.20. The Kier molecular flexibility index (Phi) is 3.94. The first-order valence-corrected chi connectivity index (χ1v) is 7.95. The van der Waals surface area contributed by atoms with Gasteiger partial charge in [-0.25, -0.2) is 15.0 Å². The minimum absolute atomic E-state index is 0.0978. The third-order valence-corrected chi connectivity index (χ3v) is 4.21. The van der Waals surface area contributed by atoms with E-state index in [1.54, 1.807) is 17.8 Å². The maximum atomic E-state index is 12.1. The molecule has 0 atom stereocenters. The van der Waals surface area contributed by atoms with Gasteiger partial charge in [0.05, 0.1) is 16.7 Å². The molecule has 22 heavy (non-hydrogen) atoms. The molecular formula is C16H16N4OS. The first kappa shape index (κ1) is 14.7. The smallest absolute Gasteiger partial charge is 0.258 e. The summed E-state index contributed by atoms with van der Waals surface area (Å²) in [7, 11) is 0. The summed E-state index contributed by atoms with van der Waals surface area (Å²) in [6.45, 7) is 5.78. The lowest BCUT2D eigenvalue weighted by molar-refractivity contribution is 0.933. The van der Waals surface area contributed by atoms with Crippen molar-refractivity contribution in [1.82, 2.24) is 19.9 Å². The van der Waals surface area contributed by atoms with Gasteiger partial charge in [-0.3, -0.25) is 4.79 Å². The Labute approximate surface area is 132 Å². The number of fused-ring (bicyclic) bond motifs is 1. The summed E-state index contributed by atoms with van der Waals surface area (Å²) in [5.74, 6) is 1.97. The number of hydrogen-bond acceptors (Lipinski definition) is 5. The molecule has 5 nitrogen and oxygen atoms in total. The van der Waals surface area contributed by atoms with E-state index in [1.165, 1.54) is 0 Å². The van der Waals surface area contributed by atoms with Crippen LogP contribution in [0.4, 0.5) is 0 Å². The number of aromatic nitrogens is 4. The number of hydrogen-bond donors (Lipinski definition) is 1. The van der Waals surface area contributed by atoms with E-state index in [9.17, 15) is 4.79 Å². The summed E-state index contributed by atoms with van der Waals surface area (Å²) in [5, 5.41) is 1.51. The topological polar surface area (TPSA) is 71.5 Å². The maximum Gasteiger partial charge on any atom is 0.258 e. The molecule has 0 aliphatic heterocycles. The van der Waals surface area contributed by atoms with Crippen molar-refractivity contribution in [3.63, 3.8) is 0 Å². The fourth-order valence-corrected chi connectivity index (χ4v) is 3.19. The lowest BCUT2D eigenvalue weighted by Gasteiger charge is -2.05. The number of nitrogens with one attached hydrogen (secondary N) is 1. The van der Waals surface area contributed by atoms with Gasteiger partial charge in [-0.05, 0) is 38.5 Å². The number of nitrogens with zero attached hydrogens (tertiary/aromatic N) is 3. The van der Waals surface area contributed by atoms with Crippen molar-refractivity contribution in [1.29, 1.82) is 0 Å². The lowest BCUT2D eigenvalue weighted by atomic mass is 10.1. The fourth-order valence-electron chi connectivity index (χ4n) is 2.32. The largest absolute Gasteiger partial charge is 0.309 e. The van der Waals surface area contributed by atoms with Crippen LogP contribution in [0.25, 0.3) is 10.9 Å². The second-order valence-corrected chi connectivity index (χ2v) is 6.16. The van der Waals surface area contributed by atoms with Gasteiger partial charge < -0.3 is 4.98 Å². The molecule has 3 rings (SSSR count). The molecule has 0 unspecified atom stereocenters. The Morgan fingerprint density at radius 3 is 2.73 bits per heavy atom. The van der Waals surface area contributed by atoms with Crippen LogP contribution in [0.5, 0.6) is 0 Å². The molecule has 3 aromatic rings. The van der Waals surface area contributed by atoms with E-state index < -0.39 is 0 Å². The van der Waals surface area contributed by atoms with Crippen LogP contribution in [0.2, 0.25) is 0 Å². The van der Waals surface area contributed by atoms with Gasteiger partial charge in [0.25, 0.3) is 5.56 Å². The number of benzene rings is 1. The predicted octanol–water partition coefficient (Wildman–Crippen LogP) is 2.93. The summed E-state index contributed by atoms with van der Waals surface area (Å²) in [6.07, 6.45) is 0. The van der Waals surface area contributed by atoms with E-state index in [2.05, 4.69) is 19.9 Å². The molecule has 0 aliphatic carbocycles. The van der Waals surface area contributed by atoms with Gasteiger partial charge in [0.2, 0.25) is 0 Å². The van der Waals surface area contributed by atoms with Gasteiger partial charge in [0.15, 0.2) is 0 Å². The Morgan fingerprint density at radius 1 is 1.14 bits per heavy atom. The number of thioether (sulfide) groups is 1. The van der Waals surface area contributed by atoms with Crippen LogP contribution >= 0.6 is 11.8 Å². The number of rotatable bonds is 3. The molecule has 0 saturated heterocycles. The zero-order chi connectivity index (χ0) is 15.7. The van der Waals surface area contributed by atoms with Crippen LogP contribution in [0.3, 0.4) is 0 Å². The van der Waals surface area contributed by atoms with E-state index in [0.717, 1.165) is 27.6 Å². The van der Waals surface area contributed by atoms with Gasteiger partial charge in [-0.15, -0.1) is 0 Å². The third-order valence-electron chi connectivity index (χ3n) is 3.29. The normalized spacial score (nSPS) is 11.0. The Hall–Kier alpha value is -2.21. The molecule has 0 amide bonds. The number of para-hydroxylation sites is 1. The molecule has 6 heteroatoms. The van der Waals surface area contributed by atoms with E-state index in [0.29, 0.717) is 17.0 Å². The summed E-state index contributed by atoms with van der Waals surface area (Å²) >= 11 is 1.54. The van der Waals surface area contributed by atoms with Gasteiger partial charge in [-0.2, -0.15) is 0 Å². The molecule has 1 aromatic carbocycles. The second-order valence-electron chi connectivity index (χ2n) is 5.17. The summed E-state index contributed by atoms with van der Waals surface area (Å²) in [6, 6.07) is 7.56. The van der Waals surface area contributed by atoms with Crippen LogP contribution in [0, 0.1) is 20.8 Å². The van der Waals surface area contributed by atoms with Gasteiger partial charge in [0.1, 0.15) is 16.7 Å². The van der Waals surface area contributed by atoms with Crippen LogP contribution in [0.15, 0.2) is 34.1 Å². The molecule has 0 radical (unpaired) electrons. The Balaban J connectivity index is 1.91. The highest BCUT2D eigenvalue weighted by Gasteiger charge is 2.07. The zero-order valence-electron chi connectivity index (χ0n) is 12.7. The molecule has 2 heterocycles. The monoisotopic (exact) mass is 312 g/mol. The Bertz CT molecular complexity index is 884. The molecule has 1 N–H and O–H groups in total. The van der Waals surface area contributed by atoms with Crippen LogP contribution in [-0.4, -0.2) is 19.9 Å². The molecule has 2 aromatic heterocycles. The summed E-state index contributed by atoms with van der Waals surface area (Å²) in [4.78, 5) is 28.2. The lowest BCUT2D eigenvalue weighted by Crippen LogP contribution is -2.11. The van der Waals surface area contributed by atoms with Crippen LogP contribution < -0.4 is 5.56 Å². The quantitative estimate of drug-likeness (QED) is 0.595. The van der Waals surface area contributed by atoms with E-state index in [4.69, 9.17) is 0 Å². The highest BCUT2D eigenvalue weighted by atomic mass is 32.2. The maximum absolute atomic E-state index is 12.1. The van der Waals surface area contributed by atoms with Crippen molar-refractivity contribution < 1.29 is 0 Å². The molecular weight excluding hydrogens is 296 g/mol. The summed E-state index contributed by atoms with van der Waals surface area (Å²) in [5.41, 5.74) is 2.60. The summed E-state index contributed by atoms with van der Waals surface area (Å²) < 4.78 is 0. The Morgan fingerprint density at radius 2 is 1.95 bits per heavy atom. The molecule has 0 bridgehead atoms. The van der Waals surface area contributed by atoms with Crippen LogP contribution in [0.1, 0.15) is 22.9 Å². The molecule has 0 fully saturated rings. The van der Waals surface area contributed by atoms with Gasteiger partial charge in [-0.1, -0.05) is 23.9 Å². The van der Waals surface area contributed by atoms with Crippen LogP contribution in [-0.2, 0) is 5.75 Å². The number of H-pyrrole nitrogens is 1. The zero-order valence-corrected chi connectivity index (χ0v) is 13.5. The average Bonchev–Trinajstić information content (AvgIpc) is 2.45. The predicted molar refractivity (Wildman–Crippen MR) is 88.2 cm³/mol. The molecule has 0 spiro atoms. The average molecular weight is 312 g/mol. The molecule has 0 saturated carbocycles. The number of aryl methyl sites for hydroxylation is 3. The van der Waals surface area contributed by atoms with Crippen molar-refractivity contribution in [3.05, 3.63) is 57.5 Å². The van der Waals surface area contributed by atoms with Crippen molar-refractivity contribution in [2.24, 2.45) is 0 Å². The van der Waals surface area contributed by atoms with E-state index in [1.807, 2.05) is 39.0 Å². The first-order chi connectivity index (χ1) is 10.5. The van der Waals surface area contributed by atoms with Crippen molar-refractivity contribution in [2.45, 2.75) is 31.6 Å².